The first-order chi connectivity index (χ1) is 11.1. The number of benzene rings is 1. The van der Waals surface area contributed by atoms with Crippen molar-refractivity contribution in [3.63, 3.8) is 0 Å². The predicted molar refractivity (Wildman–Crippen MR) is 82.9 cm³/mol. The first kappa shape index (κ1) is 18.7. The molecule has 1 aromatic rings. The maximum absolute atomic E-state index is 12.7. The van der Waals surface area contributed by atoms with Gasteiger partial charge in [0.1, 0.15) is 0 Å². The summed E-state index contributed by atoms with van der Waals surface area (Å²) in [6, 6.07) is 4.21. The summed E-state index contributed by atoms with van der Waals surface area (Å²) < 4.78 is 62.5. The van der Waals surface area contributed by atoms with Gasteiger partial charge in [-0.15, -0.1) is 0 Å². The van der Waals surface area contributed by atoms with Gasteiger partial charge in [-0.1, -0.05) is 6.07 Å². The van der Waals surface area contributed by atoms with Crippen LogP contribution in [0, 0.1) is 5.92 Å². The molecular formula is C15H19F3N2O3S. The molecule has 0 bridgehead atoms. The number of amides is 1. The summed E-state index contributed by atoms with van der Waals surface area (Å²) in [6.45, 7) is 0.986. The van der Waals surface area contributed by atoms with Crippen molar-refractivity contribution >= 4 is 15.9 Å². The molecule has 9 heteroatoms. The van der Waals surface area contributed by atoms with Crippen molar-refractivity contribution in [3.8, 4) is 0 Å². The van der Waals surface area contributed by atoms with E-state index in [1.807, 2.05) is 0 Å². The molecule has 1 aliphatic heterocycles. The molecule has 1 fully saturated rings. The predicted octanol–water partition coefficient (Wildman–Crippen LogP) is 2.11. The zero-order valence-corrected chi connectivity index (χ0v) is 14.0. The van der Waals surface area contributed by atoms with Crippen LogP contribution < -0.4 is 5.32 Å². The van der Waals surface area contributed by atoms with Crippen LogP contribution in [0.25, 0.3) is 0 Å². The van der Waals surface area contributed by atoms with Crippen molar-refractivity contribution in [2.24, 2.45) is 5.92 Å². The zero-order chi connectivity index (χ0) is 18.0. The maximum atomic E-state index is 12.7. The van der Waals surface area contributed by atoms with Gasteiger partial charge in [0.25, 0.3) is 5.91 Å². The highest BCUT2D eigenvalue weighted by Crippen LogP contribution is 2.29. The average Bonchev–Trinajstić information content (AvgIpc) is 2.51. The number of hydrogen-bond acceptors (Lipinski definition) is 3. The second kappa shape index (κ2) is 7.10. The van der Waals surface area contributed by atoms with Crippen LogP contribution in [-0.4, -0.2) is 44.5 Å². The molecule has 1 amide bonds. The van der Waals surface area contributed by atoms with E-state index in [4.69, 9.17) is 0 Å². The van der Waals surface area contributed by atoms with Crippen LogP contribution in [0.2, 0.25) is 0 Å². The van der Waals surface area contributed by atoms with Gasteiger partial charge >= 0.3 is 6.18 Å². The average molecular weight is 364 g/mol. The monoisotopic (exact) mass is 364 g/mol. The minimum absolute atomic E-state index is 0.0526. The Morgan fingerprint density at radius 1 is 1.38 bits per heavy atom. The van der Waals surface area contributed by atoms with E-state index in [-0.39, 0.29) is 18.0 Å². The van der Waals surface area contributed by atoms with E-state index >= 15 is 0 Å². The third kappa shape index (κ3) is 4.94. The van der Waals surface area contributed by atoms with Crippen molar-refractivity contribution in [2.75, 3.05) is 25.9 Å². The normalized spacial score (nSPS) is 19.9. The smallest absolute Gasteiger partial charge is 0.352 e. The van der Waals surface area contributed by atoms with Crippen LogP contribution in [0.15, 0.2) is 24.3 Å². The first-order valence-corrected chi connectivity index (χ1v) is 9.33. The molecule has 0 aromatic heterocycles. The van der Waals surface area contributed by atoms with Crippen molar-refractivity contribution in [1.29, 1.82) is 0 Å². The molecule has 0 radical (unpaired) electrons. The molecule has 5 nitrogen and oxygen atoms in total. The number of halogens is 3. The van der Waals surface area contributed by atoms with E-state index in [9.17, 15) is 26.4 Å². The standard InChI is InChI=1S/C15H19F3N2O3S/c1-24(22,23)20-7-3-4-11(10-20)9-19-14(21)12-5-2-6-13(8-12)15(16,17)18/h2,5-6,8,11H,3-4,7,9-10H2,1H3,(H,19,21)/t11-/m0/s1. The molecule has 1 saturated heterocycles. The Morgan fingerprint density at radius 2 is 2.08 bits per heavy atom. The van der Waals surface area contributed by atoms with Gasteiger partial charge in [0.15, 0.2) is 0 Å². The van der Waals surface area contributed by atoms with Gasteiger partial charge in [0.2, 0.25) is 10.0 Å². The first-order valence-electron chi connectivity index (χ1n) is 7.48. The van der Waals surface area contributed by atoms with Crippen molar-refractivity contribution < 1.29 is 26.4 Å². The molecule has 134 valence electrons. The molecule has 1 aromatic carbocycles. The van der Waals surface area contributed by atoms with Gasteiger partial charge in [-0.25, -0.2) is 12.7 Å². The molecule has 2 rings (SSSR count). The van der Waals surface area contributed by atoms with Crippen LogP contribution in [0.1, 0.15) is 28.8 Å². The minimum Gasteiger partial charge on any atom is -0.352 e. The molecule has 1 heterocycles. The lowest BCUT2D eigenvalue weighted by atomic mass is 9.99. The van der Waals surface area contributed by atoms with E-state index in [2.05, 4.69) is 5.32 Å². The van der Waals surface area contributed by atoms with Gasteiger partial charge in [-0.3, -0.25) is 4.79 Å². The van der Waals surface area contributed by atoms with Crippen LogP contribution in [0.5, 0.6) is 0 Å². The Kier molecular flexibility index (Phi) is 5.54. The number of nitrogens with one attached hydrogen (secondary N) is 1. The summed E-state index contributed by atoms with van der Waals surface area (Å²) in [5.41, 5.74) is -0.948. The fourth-order valence-electron chi connectivity index (χ4n) is 2.67. The summed E-state index contributed by atoms with van der Waals surface area (Å²) in [6.07, 6.45) is -1.92. The topological polar surface area (TPSA) is 66.5 Å². The number of piperidine rings is 1. The lowest BCUT2D eigenvalue weighted by Gasteiger charge is -2.30. The molecule has 1 N–H and O–H groups in total. The van der Waals surface area contributed by atoms with Crippen LogP contribution in [-0.2, 0) is 16.2 Å². The molecule has 0 aliphatic carbocycles. The summed E-state index contributed by atoms with van der Waals surface area (Å²) in [7, 11) is -3.28. The van der Waals surface area contributed by atoms with Gasteiger partial charge in [-0.2, -0.15) is 13.2 Å². The van der Waals surface area contributed by atoms with Crippen LogP contribution in [0.3, 0.4) is 0 Å². The van der Waals surface area contributed by atoms with E-state index in [1.54, 1.807) is 0 Å². The summed E-state index contributed by atoms with van der Waals surface area (Å²) >= 11 is 0. The number of sulfonamides is 1. The van der Waals surface area contributed by atoms with Gasteiger partial charge in [-0.05, 0) is 37.0 Å². The molecule has 0 saturated carbocycles. The van der Waals surface area contributed by atoms with Crippen molar-refractivity contribution in [3.05, 3.63) is 35.4 Å². The van der Waals surface area contributed by atoms with E-state index in [1.165, 1.54) is 16.4 Å². The Balaban J connectivity index is 1.96. The fourth-order valence-corrected chi connectivity index (χ4v) is 3.61. The molecular weight excluding hydrogens is 345 g/mol. The summed E-state index contributed by atoms with van der Waals surface area (Å²) in [5, 5.41) is 2.59. The molecule has 24 heavy (non-hydrogen) atoms. The van der Waals surface area contributed by atoms with Gasteiger partial charge < -0.3 is 5.32 Å². The quantitative estimate of drug-likeness (QED) is 0.890. The van der Waals surface area contributed by atoms with Crippen LogP contribution in [0.4, 0.5) is 13.2 Å². The zero-order valence-electron chi connectivity index (χ0n) is 13.1. The Morgan fingerprint density at radius 3 is 2.71 bits per heavy atom. The lowest BCUT2D eigenvalue weighted by Crippen LogP contribution is -2.43. The fraction of sp³-hybridized carbons (Fsp3) is 0.533. The van der Waals surface area contributed by atoms with Crippen molar-refractivity contribution in [1.82, 2.24) is 9.62 Å². The number of nitrogens with zero attached hydrogens (tertiary/aromatic N) is 1. The van der Waals surface area contributed by atoms with E-state index < -0.39 is 27.7 Å². The minimum atomic E-state index is -4.50. The van der Waals surface area contributed by atoms with E-state index in [0.29, 0.717) is 19.5 Å². The third-order valence-corrected chi connectivity index (χ3v) is 5.22. The SMILES string of the molecule is CS(=O)(=O)N1CCC[C@@H](CNC(=O)c2cccc(C(F)(F)F)c2)C1. The number of carbonyl (C=O) groups excluding carboxylic acids is 1. The Hall–Kier alpha value is -1.61. The number of rotatable bonds is 4. The summed E-state index contributed by atoms with van der Waals surface area (Å²) in [5.74, 6) is -0.652. The molecule has 1 aliphatic rings. The maximum Gasteiger partial charge on any atom is 0.416 e. The molecule has 0 unspecified atom stereocenters. The number of alkyl halides is 3. The Bertz CT molecular complexity index is 704. The highest BCUT2D eigenvalue weighted by atomic mass is 32.2. The van der Waals surface area contributed by atoms with Crippen LogP contribution >= 0.6 is 0 Å². The second-order valence-corrected chi connectivity index (χ2v) is 7.90. The van der Waals surface area contributed by atoms with Gasteiger partial charge in [0.05, 0.1) is 11.8 Å². The largest absolute Gasteiger partial charge is 0.416 e. The number of hydrogen-bond donors (Lipinski definition) is 1. The lowest BCUT2D eigenvalue weighted by molar-refractivity contribution is -0.137. The Labute approximate surface area is 138 Å². The highest BCUT2D eigenvalue weighted by Gasteiger charge is 2.31. The third-order valence-electron chi connectivity index (χ3n) is 3.95. The highest BCUT2D eigenvalue weighted by molar-refractivity contribution is 7.88. The van der Waals surface area contributed by atoms with Gasteiger partial charge in [0, 0.05) is 25.2 Å². The second-order valence-electron chi connectivity index (χ2n) is 5.92. The van der Waals surface area contributed by atoms with E-state index in [0.717, 1.165) is 24.8 Å². The molecule has 1 atom stereocenters. The molecule has 0 spiro atoms. The van der Waals surface area contributed by atoms with Crippen molar-refractivity contribution in [2.45, 2.75) is 19.0 Å². The summed E-state index contributed by atoms with van der Waals surface area (Å²) in [4.78, 5) is 12.0. The number of carbonyl (C=O) groups is 1.